The zero-order chi connectivity index (χ0) is 33.0. The second kappa shape index (κ2) is 17.5. The maximum absolute atomic E-state index is 13.9. The summed E-state index contributed by atoms with van der Waals surface area (Å²) in [7, 11) is 0. The molecule has 12 heteroatoms. The van der Waals surface area contributed by atoms with Crippen LogP contribution in [-0.2, 0) is 24.0 Å². The van der Waals surface area contributed by atoms with Crippen LogP contribution in [0, 0.1) is 23.7 Å². The van der Waals surface area contributed by atoms with Gasteiger partial charge in [0.25, 0.3) is 0 Å². The van der Waals surface area contributed by atoms with Crippen molar-refractivity contribution in [2.45, 2.75) is 123 Å². The second-order valence-electron chi connectivity index (χ2n) is 13.9. The fourth-order valence-electron chi connectivity index (χ4n) is 6.24. The van der Waals surface area contributed by atoms with Gasteiger partial charge in [-0.3, -0.25) is 29.0 Å². The lowest BCUT2D eigenvalue weighted by atomic mass is 9.83. The molecule has 3 aliphatic rings. The van der Waals surface area contributed by atoms with Gasteiger partial charge in [0.2, 0.25) is 23.6 Å². The predicted octanol–water partition coefficient (Wildman–Crippen LogP) is 1.93. The van der Waals surface area contributed by atoms with Crippen molar-refractivity contribution in [3.05, 3.63) is 0 Å². The molecular formula is C33H57N7O5. The first kappa shape index (κ1) is 36.3. The number of amides is 4. The van der Waals surface area contributed by atoms with Crippen LogP contribution in [0.4, 0.5) is 0 Å². The Morgan fingerprint density at radius 3 is 2.36 bits per heavy atom. The number of hydrogen-bond donors (Lipinski definition) is 6. The van der Waals surface area contributed by atoms with Crippen molar-refractivity contribution in [2.75, 3.05) is 26.2 Å². The average Bonchev–Trinajstić information content (AvgIpc) is 3.01. The molecule has 6 N–H and O–H groups in total. The van der Waals surface area contributed by atoms with Gasteiger partial charge >= 0.3 is 0 Å². The largest absolute Gasteiger partial charge is 0.356 e. The zero-order valence-corrected chi connectivity index (χ0v) is 28.1. The van der Waals surface area contributed by atoms with E-state index in [-0.39, 0.29) is 48.8 Å². The highest BCUT2D eigenvalue weighted by Crippen LogP contribution is 2.28. The van der Waals surface area contributed by atoms with Crippen molar-refractivity contribution in [1.29, 1.82) is 0 Å². The molecule has 0 bridgehead atoms. The fraction of sp³-hybridized carbons (Fsp3) is 0.818. The summed E-state index contributed by atoms with van der Waals surface area (Å²) in [5, 5.41) is 18.2. The SMILES string of the molecule is CC[C@@H]1NC(=O)[C@H](CCCNC2=NCC(C)CN2)CC(=O)[C@](C)(NC(=O)C(C)C)CCNC(=O)[C@@H](CC2CCCCC2)NC1=O. The number of nitrogens with one attached hydrogen (secondary N) is 6. The average molecular weight is 632 g/mol. The minimum Gasteiger partial charge on any atom is -0.356 e. The maximum atomic E-state index is 13.9. The van der Waals surface area contributed by atoms with E-state index in [0.717, 1.165) is 44.7 Å². The molecular weight excluding hydrogens is 574 g/mol. The monoisotopic (exact) mass is 631 g/mol. The van der Waals surface area contributed by atoms with Gasteiger partial charge in [-0.25, -0.2) is 0 Å². The number of ketones is 1. The first-order valence-corrected chi connectivity index (χ1v) is 17.2. The molecule has 0 aromatic rings. The molecule has 0 aromatic heterocycles. The smallest absolute Gasteiger partial charge is 0.243 e. The molecule has 1 saturated heterocycles. The van der Waals surface area contributed by atoms with Crippen LogP contribution in [0.25, 0.3) is 0 Å². The van der Waals surface area contributed by atoms with Gasteiger partial charge in [0.1, 0.15) is 12.1 Å². The van der Waals surface area contributed by atoms with Crippen LogP contribution >= 0.6 is 0 Å². The third kappa shape index (κ3) is 11.3. The van der Waals surface area contributed by atoms with Crippen molar-refractivity contribution < 1.29 is 24.0 Å². The molecule has 45 heavy (non-hydrogen) atoms. The minimum atomic E-state index is -1.28. The molecule has 2 heterocycles. The summed E-state index contributed by atoms with van der Waals surface area (Å²) in [6.45, 7) is 11.4. The second-order valence-corrected chi connectivity index (χ2v) is 13.9. The van der Waals surface area contributed by atoms with E-state index in [4.69, 9.17) is 0 Å². The van der Waals surface area contributed by atoms with E-state index in [9.17, 15) is 24.0 Å². The van der Waals surface area contributed by atoms with Crippen molar-refractivity contribution >= 4 is 35.4 Å². The summed E-state index contributed by atoms with van der Waals surface area (Å²) in [5.74, 6) is -1.14. The molecule has 1 saturated carbocycles. The van der Waals surface area contributed by atoms with Crippen LogP contribution in [0.2, 0.25) is 0 Å². The Kier molecular flexibility index (Phi) is 14.1. The lowest BCUT2D eigenvalue weighted by Crippen LogP contribution is -2.58. The van der Waals surface area contributed by atoms with E-state index in [1.807, 2.05) is 6.92 Å². The van der Waals surface area contributed by atoms with E-state index >= 15 is 0 Å². The lowest BCUT2D eigenvalue weighted by molar-refractivity contribution is -0.137. The number of Topliss-reactive ketones (excluding diaryl/α,β-unsaturated/α-hetero) is 1. The topological polar surface area (TPSA) is 170 Å². The summed E-state index contributed by atoms with van der Waals surface area (Å²) in [4.78, 5) is 71.8. The Balaban J connectivity index is 1.81. The van der Waals surface area contributed by atoms with E-state index < -0.39 is 29.4 Å². The highest BCUT2D eigenvalue weighted by molar-refractivity contribution is 5.97. The van der Waals surface area contributed by atoms with Gasteiger partial charge in [-0.15, -0.1) is 0 Å². The van der Waals surface area contributed by atoms with Crippen LogP contribution in [0.1, 0.15) is 105 Å². The molecule has 4 amide bonds. The summed E-state index contributed by atoms with van der Waals surface area (Å²) in [6.07, 6.45) is 7.35. The van der Waals surface area contributed by atoms with Crippen molar-refractivity contribution in [1.82, 2.24) is 31.9 Å². The molecule has 5 atom stereocenters. The van der Waals surface area contributed by atoms with Gasteiger partial charge in [0, 0.05) is 44.4 Å². The van der Waals surface area contributed by atoms with Gasteiger partial charge in [-0.1, -0.05) is 59.8 Å². The summed E-state index contributed by atoms with van der Waals surface area (Å²) in [5.41, 5.74) is -1.28. The number of guanidine groups is 1. The van der Waals surface area contributed by atoms with Crippen LogP contribution in [0.15, 0.2) is 4.99 Å². The van der Waals surface area contributed by atoms with Crippen molar-refractivity contribution in [3.63, 3.8) is 0 Å². The summed E-state index contributed by atoms with van der Waals surface area (Å²) < 4.78 is 0. The molecule has 2 aliphatic heterocycles. The van der Waals surface area contributed by atoms with Gasteiger partial charge in [-0.2, -0.15) is 0 Å². The molecule has 3 rings (SSSR count). The highest BCUT2D eigenvalue weighted by atomic mass is 16.2. The van der Waals surface area contributed by atoms with Crippen molar-refractivity contribution in [3.8, 4) is 0 Å². The number of aliphatic imine (C=N–C) groups is 1. The van der Waals surface area contributed by atoms with E-state index in [2.05, 4.69) is 43.8 Å². The van der Waals surface area contributed by atoms with E-state index in [0.29, 0.717) is 44.1 Å². The van der Waals surface area contributed by atoms with Crippen molar-refractivity contribution in [2.24, 2.45) is 28.7 Å². The third-order valence-corrected chi connectivity index (χ3v) is 9.43. The Hall–Kier alpha value is -3.18. The summed E-state index contributed by atoms with van der Waals surface area (Å²) in [6, 6.07) is -1.59. The zero-order valence-electron chi connectivity index (χ0n) is 28.1. The van der Waals surface area contributed by atoms with Gasteiger partial charge in [0.05, 0.1) is 5.54 Å². The number of hydrogen-bond acceptors (Lipinski definition) is 8. The molecule has 254 valence electrons. The van der Waals surface area contributed by atoms with Gasteiger partial charge in [0.15, 0.2) is 11.7 Å². The number of carbonyl (C=O) groups is 5. The molecule has 0 radical (unpaired) electrons. The van der Waals surface area contributed by atoms with Crippen LogP contribution in [0.5, 0.6) is 0 Å². The lowest BCUT2D eigenvalue weighted by Gasteiger charge is -2.33. The van der Waals surface area contributed by atoms with E-state index in [1.165, 1.54) is 6.42 Å². The maximum Gasteiger partial charge on any atom is 0.243 e. The molecule has 0 aromatic carbocycles. The Bertz CT molecular complexity index is 1070. The standard InChI is InChI=1S/C33H57N7O5/c1-6-25-31(45)39-26(17-23-11-8-7-9-12-23)30(44)34-16-14-33(5,40-28(42)21(2)3)27(41)18-24(29(43)38-25)13-10-15-35-32-36-19-22(4)20-37-32/h21-26H,6-20H2,1-5H3,(H,34,44)(H,38,43)(H,39,45)(H,40,42)(H2,35,36,37)/t24-,25+,26-,33-/m1/s1. The molecule has 1 aliphatic carbocycles. The van der Waals surface area contributed by atoms with Gasteiger partial charge in [-0.05, 0) is 50.9 Å². The quantitative estimate of drug-likeness (QED) is 0.211. The minimum absolute atomic E-state index is 0.103. The predicted molar refractivity (Wildman–Crippen MR) is 174 cm³/mol. The normalized spacial score (nSPS) is 29.4. The molecule has 0 spiro atoms. The third-order valence-electron chi connectivity index (χ3n) is 9.43. The molecule has 12 nitrogen and oxygen atoms in total. The van der Waals surface area contributed by atoms with E-state index in [1.54, 1.807) is 20.8 Å². The first-order valence-electron chi connectivity index (χ1n) is 17.2. The Labute approximate surface area is 268 Å². The Morgan fingerprint density at radius 1 is 1.00 bits per heavy atom. The number of carbonyl (C=O) groups excluding carboxylic acids is 5. The van der Waals surface area contributed by atoms with Crippen LogP contribution in [-0.4, -0.2) is 79.2 Å². The summed E-state index contributed by atoms with van der Waals surface area (Å²) >= 11 is 0. The molecule has 1 unspecified atom stereocenters. The van der Waals surface area contributed by atoms with Crippen LogP contribution < -0.4 is 31.9 Å². The Morgan fingerprint density at radius 2 is 1.71 bits per heavy atom. The van der Waals surface area contributed by atoms with Crippen LogP contribution in [0.3, 0.4) is 0 Å². The van der Waals surface area contributed by atoms with Gasteiger partial charge < -0.3 is 31.9 Å². The first-order chi connectivity index (χ1) is 21.4. The fourth-order valence-corrected chi connectivity index (χ4v) is 6.24. The number of rotatable bonds is 9. The molecule has 2 fully saturated rings. The number of nitrogens with zero attached hydrogens (tertiary/aromatic N) is 1. The highest BCUT2D eigenvalue weighted by Gasteiger charge is 2.39.